The van der Waals surface area contributed by atoms with Crippen LogP contribution in [-0.4, -0.2) is 23.2 Å². The van der Waals surface area contributed by atoms with E-state index in [1.807, 2.05) is 20.8 Å². The van der Waals surface area contributed by atoms with E-state index in [1.54, 1.807) is 6.07 Å². The van der Waals surface area contributed by atoms with Gasteiger partial charge in [-0.05, 0) is 17.0 Å². The molecule has 7 heteroatoms. The molecular formula is C16H19ClN2O4. The van der Waals surface area contributed by atoms with E-state index in [0.29, 0.717) is 16.6 Å². The summed E-state index contributed by atoms with van der Waals surface area (Å²) in [5, 5.41) is 13.5. The summed E-state index contributed by atoms with van der Waals surface area (Å²) in [6.45, 7) is 6.30. The molecule has 2 N–H and O–H groups in total. The molecule has 6 nitrogen and oxygen atoms in total. The second-order valence-corrected chi connectivity index (χ2v) is 6.47. The number of ether oxygens (including phenoxy) is 1. The van der Waals surface area contributed by atoms with Gasteiger partial charge in [-0.25, -0.2) is 9.78 Å². The van der Waals surface area contributed by atoms with Gasteiger partial charge >= 0.3 is 5.97 Å². The summed E-state index contributed by atoms with van der Waals surface area (Å²) >= 11 is 6.19. The normalized spacial score (nSPS) is 11.3. The van der Waals surface area contributed by atoms with E-state index >= 15 is 0 Å². The fourth-order valence-corrected chi connectivity index (χ4v) is 2.48. The van der Waals surface area contributed by atoms with Crippen molar-refractivity contribution < 1.29 is 19.1 Å². The van der Waals surface area contributed by atoms with Crippen molar-refractivity contribution in [3.63, 3.8) is 0 Å². The van der Waals surface area contributed by atoms with Gasteiger partial charge in [0.2, 0.25) is 11.7 Å². The number of methoxy groups -OCH3 is 1. The first kappa shape index (κ1) is 17.1. The number of hydrogen-bond acceptors (Lipinski definition) is 6. The summed E-state index contributed by atoms with van der Waals surface area (Å²) in [7, 11) is 1.27. The molecule has 0 saturated carbocycles. The highest BCUT2D eigenvalue weighted by atomic mass is 35.5. The minimum absolute atomic E-state index is 0.0278. The number of aromatic nitrogens is 1. The van der Waals surface area contributed by atoms with Crippen LogP contribution >= 0.6 is 11.6 Å². The maximum absolute atomic E-state index is 11.3. The Bertz CT molecular complexity index is 719. The molecule has 1 aromatic carbocycles. The molecule has 0 unspecified atom stereocenters. The lowest BCUT2D eigenvalue weighted by Gasteiger charge is -2.22. The number of aromatic hydroxyl groups is 1. The standard InChI is InChI=1S/C16H19ClN2O4/c1-16(2,3)9-5-11(12(20)6-10(9)17)18-8-14-19-7-13(23-14)15(21)22-4/h5-7,18,20H,8H2,1-4H3. The number of carbonyl (C=O) groups excluding carboxylic acids is 1. The van der Waals surface area contributed by atoms with E-state index in [2.05, 4.69) is 15.0 Å². The summed E-state index contributed by atoms with van der Waals surface area (Å²) in [5.74, 6) is -0.229. The van der Waals surface area contributed by atoms with Crippen LogP contribution in [0.15, 0.2) is 22.7 Å². The smallest absolute Gasteiger partial charge is 0.375 e. The Morgan fingerprint density at radius 3 is 2.74 bits per heavy atom. The number of phenolic OH excluding ortho intramolecular Hbond substituents is 1. The van der Waals surface area contributed by atoms with Crippen molar-refractivity contribution in [3.8, 4) is 5.75 Å². The fourth-order valence-electron chi connectivity index (χ4n) is 2.04. The molecule has 0 radical (unpaired) electrons. The number of oxazole rings is 1. The first-order valence-corrected chi connectivity index (χ1v) is 7.40. The van der Waals surface area contributed by atoms with Crippen LogP contribution in [0, 0.1) is 0 Å². The lowest BCUT2D eigenvalue weighted by atomic mass is 9.86. The van der Waals surface area contributed by atoms with Gasteiger partial charge in [0.15, 0.2) is 0 Å². The van der Waals surface area contributed by atoms with E-state index in [9.17, 15) is 9.90 Å². The Balaban J connectivity index is 2.17. The third-order valence-corrected chi connectivity index (χ3v) is 3.58. The predicted octanol–water partition coefficient (Wildman–Crippen LogP) is 3.73. The highest BCUT2D eigenvalue weighted by Gasteiger charge is 2.20. The summed E-state index contributed by atoms with van der Waals surface area (Å²) < 4.78 is 9.81. The van der Waals surface area contributed by atoms with Crippen molar-refractivity contribution in [1.82, 2.24) is 4.98 Å². The molecule has 23 heavy (non-hydrogen) atoms. The van der Waals surface area contributed by atoms with Crippen LogP contribution < -0.4 is 5.32 Å². The molecule has 0 amide bonds. The highest BCUT2D eigenvalue weighted by molar-refractivity contribution is 6.31. The van der Waals surface area contributed by atoms with Crippen molar-refractivity contribution >= 4 is 23.3 Å². The number of halogens is 1. The highest BCUT2D eigenvalue weighted by Crippen LogP contribution is 2.37. The number of hydrogen-bond donors (Lipinski definition) is 2. The maximum atomic E-state index is 11.3. The van der Waals surface area contributed by atoms with Crippen LogP contribution in [0.5, 0.6) is 5.75 Å². The summed E-state index contributed by atoms with van der Waals surface area (Å²) in [4.78, 5) is 15.3. The van der Waals surface area contributed by atoms with Gasteiger partial charge in [-0.15, -0.1) is 0 Å². The molecular weight excluding hydrogens is 320 g/mol. The number of nitrogens with zero attached hydrogens (tertiary/aromatic N) is 1. The van der Waals surface area contributed by atoms with Gasteiger partial charge in [-0.3, -0.25) is 0 Å². The third-order valence-electron chi connectivity index (χ3n) is 3.26. The lowest BCUT2D eigenvalue weighted by Crippen LogP contribution is -2.12. The molecule has 0 atom stereocenters. The molecule has 0 fully saturated rings. The molecule has 0 aliphatic carbocycles. The number of rotatable bonds is 4. The first-order valence-electron chi connectivity index (χ1n) is 7.02. The van der Waals surface area contributed by atoms with Crippen LogP contribution in [0.3, 0.4) is 0 Å². The molecule has 2 aromatic rings. The molecule has 0 aliphatic rings. The van der Waals surface area contributed by atoms with Gasteiger partial charge in [0.05, 0.1) is 25.5 Å². The molecule has 1 heterocycles. The van der Waals surface area contributed by atoms with Crippen molar-refractivity contribution in [2.24, 2.45) is 0 Å². The second-order valence-electron chi connectivity index (χ2n) is 6.06. The summed E-state index contributed by atoms with van der Waals surface area (Å²) in [6, 6.07) is 3.29. The van der Waals surface area contributed by atoms with Crippen LogP contribution in [0.4, 0.5) is 5.69 Å². The van der Waals surface area contributed by atoms with Crippen molar-refractivity contribution in [2.45, 2.75) is 32.7 Å². The number of carbonyl (C=O) groups is 1. The molecule has 124 valence electrons. The Hall–Kier alpha value is -2.21. The second kappa shape index (κ2) is 6.50. The maximum Gasteiger partial charge on any atom is 0.375 e. The van der Waals surface area contributed by atoms with E-state index in [1.165, 1.54) is 19.4 Å². The monoisotopic (exact) mass is 338 g/mol. The Morgan fingerprint density at radius 1 is 1.43 bits per heavy atom. The van der Waals surface area contributed by atoms with Crippen molar-refractivity contribution in [2.75, 3.05) is 12.4 Å². The molecule has 1 aromatic heterocycles. The third kappa shape index (κ3) is 3.96. The minimum atomic E-state index is -0.590. The van der Waals surface area contributed by atoms with Crippen molar-refractivity contribution in [3.05, 3.63) is 40.6 Å². The van der Waals surface area contributed by atoms with Gasteiger partial charge in [-0.1, -0.05) is 32.4 Å². The van der Waals surface area contributed by atoms with Crippen LogP contribution in [0.2, 0.25) is 5.02 Å². The van der Waals surface area contributed by atoms with Crippen molar-refractivity contribution in [1.29, 1.82) is 0 Å². The number of nitrogens with one attached hydrogen (secondary N) is 1. The zero-order valence-corrected chi connectivity index (χ0v) is 14.2. The minimum Gasteiger partial charge on any atom is -0.506 e. The van der Waals surface area contributed by atoms with Gasteiger partial charge in [-0.2, -0.15) is 0 Å². The van der Waals surface area contributed by atoms with Gasteiger partial charge < -0.3 is 19.6 Å². The average Bonchev–Trinajstić information content (AvgIpc) is 2.93. The van der Waals surface area contributed by atoms with E-state index in [4.69, 9.17) is 16.0 Å². The summed E-state index contributed by atoms with van der Waals surface area (Å²) in [5.41, 5.74) is 1.25. The van der Waals surface area contributed by atoms with Crippen LogP contribution in [-0.2, 0) is 16.7 Å². The topological polar surface area (TPSA) is 84.6 Å². The van der Waals surface area contributed by atoms with Gasteiger partial charge in [0.1, 0.15) is 5.75 Å². The fraction of sp³-hybridized carbons (Fsp3) is 0.375. The zero-order chi connectivity index (χ0) is 17.2. The average molecular weight is 339 g/mol. The lowest BCUT2D eigenvalue weighted by molar-refractivity contribution is 0.0563. The van der Waals surface area contributed by atoms with Gasteiger partial charge in [0.25, 0.3) is 0 Å². The molecule has 0 saturated heterocycles. The Morgan fingerprint density at radius 2 is 2.13 bits per heavy atom. The molecule has 0 aliphatic heterocycles. The predicted molar refractivity (Wildman–Crippen MR) is 87.0 cm³/mol. The SMILES string of the molecule is COC(=O)c1cnc(CNc2cc(C(C)(C)C)c(Cl)cc2O)o1. The molecule has 0 bridgehead atoms. The zero-order valence-electron chi connectivity index (χ0n) is 13.4. The summed E-state index contributed by atoms with van der Waals surface area (Å²) in [6.07, 6.45) is 1.30. The number of anilines is 1. The van der Waals surface area contributed by atoms with Crippen LogP contribution in [0.25, 0.3) is 0 Å². The number of phenols is 1. The number of benzene rings is 1. The molecule has 2 rings (SSSR count). The largest absolute Gasteiger partial charge is 0.506 e. The van der Waals surface area contributed by atoms with E-state index in [-0.39, 0.29) is 23.5 Å². The Kier molecular flexibility index (Phi) is 4.85. The first-order chi connectivity index (χ1) is 10.7. The van der Waals surface area contributed by atoms with E-state index < -0.39 is 5.97 Å². The number of esters is 1. The molecule has 0 spiro atoms. The Labute approximate surface area is 139 Å². The van der Waals surface area contributed by atoms with Gasteiger partial charge in [0, 0.05) is 11.1 Å². The van der Waals surface area contributed by atoms with Crippen LogP contribution in [0.1, 0.15) is 42.8 Å². The quantitative estimate of drug-likeness (QED) is 0.652. The van der Waals surface area contributed by atoms with E-state index in [0.717, 1.165) is 5.56 Å².